The van der Waals surface area contributed by atoms with E-state index in [0.717, 1.165) is 6.07 Å². The van der Waals surface area contributed by atoms with Crippen molar-refractivity contribution in [3.05, 3.63) is 47.8 Å². The second-order valence-corrected chi connectivity index (χ2v) is 3.91. The van der Waals surface area contributed by atoms with Crippen molar-refractivity contribution in [1.29, 1.82) is 0 Å². The van der Waals surface area contributed by atoms with Crippen molar-refractivity contribution >= 4 is 6.29 Å². The van der Waals surface area contributed by atoms with Crippen LogP contribution in [0.15, 0.2) is 36.4 Å². The van der Waals surface area contributed by atoms with E-state index in [1.165, 1.54) is 6.07 Å². The van der Waals surface area contributed by atoms with E-state index in [1.807, 2.05) is 6.92 Å². The van der Waals surface area contributed by atoms with Gasteiger partial charge in [0.05, 0.1) is 6.61 Å². The van der Waals surface area contributed by atoms with E-state index < -0.39 is 11.6 Å². The first-order valence-corrected chi connectivity index (χ1v) is 5.87. The summed E-state index contributed by atoms with van der Waals surface area (Å²) in [6.07, 6.45) is 0.556. The minimum atomic E-state index is -0.822. The standard InChI is InChI=1S/C15H13FO3/c1-2-19-13-6-4-3-5-11(13)14-10(9-17)7-8-12(18)15(14)16/h3-9,18H,2H2,1H3. The Bertz CT molecular complexity index is 608. The van der Waals surface area contributed by atoms with Crippen LogP contribution in [-0.4, -0.2) is 18.0 Å². The second kappa shape index (κ2) is 5.52. The highest BCUT2D eigenvalue weighted by molar-refractivity contribution is 5.90. The zero-order valence-corrected chi connectivity index (χ0v) is 10.4. The lowest BCUT2D eigenvalue weighted by molar-refractivity contribution is 0.112. The van der Waals surface area contributed by atoms with Crippen LogP contribution in [0.2, 0.25) is 0 Å². The molecule has 0 amide bonds. The van der Waals surface area contributed by atoms with E-state index in [-0.39, 0.29) is 11.1 Å². The first-order chi connectivity index (χ1) is 9.19. The molecule has 3 nitrogen and oxygen atoms in total. The number of ether oxygens (including phenoxy) is 1. The molecule has 0 aliphatic rings. The molecule has 0 heterocycles. The van der Waals surface area contributed by atoms with Gasteiger partial charge in [-0.3, -0.25) is 4.79 Å². The fraction of sp³-hybridized carbons (Fsp3) is 0.133. The van der Waals surface area contributed by atoms with E-state index in [9.17, 15) is 14.3 Å². The number of para-hydroxylation sites is 1. The number of benzene rings is 2. The van der Waals surface area contributed by atoms with Gasteiger partial charge in [-0.2, -0.15) is 0 Å². The molecule has 0 saturated heterocycles. The SMILES string of the molecule is CCOc1ccccc1-c1c(C=O)ccc(O)c1F. The van der Waals surface area contributed by atoms with Crippen molar-refractivity contribution in [3.63, 3.8) is 0 Å². The molecule has 0 unspecified atom stereocenters. The molecule has 0 saturated carbocycles. The molecule has 0 aliphatic carbocycles. The van der Waals surface area contributed by atoms with Crippen LogP contribution < -0.4 is 4.74 Å². The van der Waals surface area contributed by atoms with Gasteiger partial charge in [-0.25, -0.2) is 4.39 Å². The highest BCUT2D eigenvalue weighted by atomic mass is 19.1. The number of carbonyl (C=O) groups excluding carboxylic acids is 1. The normalized spacial score (nSPS) is 10.2. The molecule has 0 aromatic heterocycles. The van der Waals surface area contributed by atoms with Crippen LogP contribution in [0.5, 0.6) is 11.5 Å². The van der Waals surface area contributed by atoms with E-state index in [4.69, 9.17) is 4.74 Å². The van der Waals surface area contributed by atoms with Gasteiger partial charge in [-0.15, -0.1) is 0 Å². The van der Waals surface area contributed by atoms with Gasteiger partial charge < -0.3 is 9.84 Å². The average Bonchev–Trinajstić information content (AvgIpc) is 2.43. The third-order valence-electron chi connectivity index (χ3n) is 2.74. The van der Waals surface area contributed by atoms with Crippen molar-refractivity contribution < 1.29 is 19.0 Å². The van der Waals surface area contributed by atoms with Crippen LogP contribution in [-0.2, 0) is 0 Å². The summed E-state index contributed by atoms with van der Waals surface area (Å²) in [7, 11) is 0. The summed E-state index contributed by atoms with van der Waals surface area (Å²) in [6, 6.07) is 9.35. The molecular formula is C15H13FO3. The number of phenolic OH excluding ortho intramolecular Hbond substituents is 1. The van der Waals surface area contributed by atoms with Crippen LogP contribution in [0, 0.1) is 5.82 Å². The maximum Gasteiger partial charge on any atom is 0.173 e. The Morgan fingerprint density at radius 1 is 1.26 bits per heavy atom. The maximum atomic E-state index is 14.1. The summed E-state index contributed by atoms with van der Waals surface area (Å²) in [5.41, 5.74) is 0.668. The van der Waals surface area contributed by atoms with E-state index in [0.29, 0.717) is 24.2 Å². The van der Waals surface area contributed by atoms with Crippen LogP contribution >= 0.6 is 0 Å². The number of hydrogen-bond donors (Lipinski definition) is 1. The topological polar surface area (TPSA) is 46.5 Å². The Morgan fingerprint density at radius 3 is 2.68 bits per heavy atom. The average molecular weight is 260 g/mol. The molecule has 0 bridgehead atoms. The maximum absolute atomic E-state index is 14.1. The van der Waals surface area contributed by atoms with Crippen LogP contribution in [0.25, 0.3) is 11.1 Å². The van der Waals surface area contributed by atoms with Gasteiger partial charge in [0.25, 0.3) is 0 Å². The molecular weight excluding hydrogens is 247 g/mol. The van der Waals surface area contributed by atoms with Gasteiger partial charge in [-0.1, -0.05) is 18.2 Å². The van der Waals surface area contributed by atoms with Crippen molar-refractivity contribution in [1.82, 2.24) is 0 Å². The molecule has 2 rings (SSSR count). The van der Waals surface area contributed by atoms with Gasteiger partial charge in [0.2, 0.25) is 0 Å². The third-order valence-corrected chi connectivity index (χ3v) is 2.74. The number of rotatable bonds is 4. The highest BCUT2D eigenvalue weighted by Gasteiger charge is 2.17. The minimum Gasteiger partial charge on any atom is -0.505 e. The van der Waals surface area contributed by atoms with Gasteiger partial charge in [0.1, 0.15) is 5.75 Å². The molecule has 0 spiro atoms. The Balaban J connectivity index is 2.71. The lowest BCUT2D eigenvalue weighted by Gasteiger charge is -2.13. The number of aldehydes is 1. The number of aromatic hydroxyl groups is 1. The van der Waals surface area contributed by atoms with Crippen LogP contribution in [0.4, 0.5) is 4.39 Å². The van der Waals surface area contributed by atoms with Gasteiger partial charge >= 0.3 is 0 Å². The zero-order chi connectivity index (χ0) is 13.8. The molecule has 0 fully saturated rings. The Morgan fingerprint density at radius 2 is 2.00 bits per heavy atom. The Labute approximate surface area is 110 Å². The largest absolute Gasteiger partial charge is 0.505 e. The smallest absolute Gasteiger partial charge is 0.173 e. The van der Waals surface area contributed by atoms with Crippen molar-refractivity contribution in [3.8, 4) is 22.6 Å². The monoisotopic (exact) mass is 260 g/mol. The molecule has 0 atom stereocenters. The molecule has 0 aliphatic heterocycles. The number of phenols is 1. The molecule has 2 aromatic carbocycles. The molecule has 1 N–H and O–H groups in total. The molecule has 4 heteroatoms. The number of carbonyl (C=O) groups is 1. The summed E-state index contributed by atoms with van der Waals surface area (Å²) < 4.78 is 19.5. The molecule has 98 valence electrons. The summed E-state index contributed by atoms with van der Waals surface area (Å²) in [5.74, 6) is -0.846. The Hall–Kier alpha value is -2.36. The summed E-state index contributed by atoms with van der Waals surface area (Å²) >= 11 is 0. The lowest BCUT2D eigenvalue weighted by atomic mass is 9.98. The minimum absolute atomic E-state index is 0.0547. The van der Waals surface area contributed by atoms with Gasteiger partial charge in [0, 0.05) is 16.7 Å². The predicted octanol–water partition coefficient (Wildman–Crippen LogP) is 3.41. The van der Waals surface area contributed by atoms with E-state index in [2.05, 4.69) is 0 Å². The number of hydrogen-bond acceptors (Lipinski definition) is 3. The predicted molar refractivity (Wildman–Crippen MR) is 70.1 cm³/mol. The van der Waals surface area contributed by atoms with Gasteiger partial charge in [0.15, 0.2) is 17.9 Å². The van der Waals surface area contributed by atoms with E-state index >= 15 is 0 Å². The third kappa shape index (κ3) is 2.42. The molecule has 2 aromatic rings. The fourth-order valence-electron chi connectivity index (χ4n) is 1.91. The second-order valence-electron chi connectivity index (χ2n) is 3.91. The van der Waals surface area contributed by atoms with Crippen LogP contribution in [0.3, 0.4) is 0 Å². The lowest BCUT2D eigenvalue weighted by Crippen LogP contribution is -1.98. The first-order valence-electron chi connectivity index (χ1n) is 5.87. The Kier molecular flexibility index (Phi) is 3.80. The van der Waals surface area contributed by atoms with Crippen molar-refractivity contribution in [2.24, 2.45) is 0 Å². The van der Waals surface area contributed by atoms with Crippen molar-refractivity contribution in [2.75, 3.05) is 6.61 Å². The quantitative estimate of drug-likeness (QED) is 0.857. The highest BCUT2D eigenvalue weighted by Crippen LogP contribution is 2.36. The zero-order valence-electron chi connectivity index (χ0n) is 10.4. The summed E-state index contributed by atoms with van der Waals surface area (Å²) in [6.45, 7) is 2.24. The fourth-order valence-corrected chi connectivity index (χ4v) is 1.91. The van der Waals surface area contributed by atoms with E-state index in [1.54, 1.807) is 24.3 Å². The molecule has 0 radical (unpaired) electrons. The molecule has 19 heavy (non-hydrogen) atoms. The first kappa shape index (κ1) is 13.1. The summed E-state index contributed by atoms with van der Waals surface area (Å²) in [4.78, 5) is 11.0. The van der Waals surface area contributed by atoms with Crippen molar-refractivity contribution in [2.45, 2.75) is 6.92 Å². The van der Waals surface area contributed by atoms with Gasteiger partial charge in [-0.05, 0) is 25.1 Å². The number of halogens is 1. The summed E-state index contributed by atoms with van der Waals surface area (Å²) in [5, 5.41) is 9.47. The van der Waals surface area contributed by atoms with Crippen LogP contribution in [0.1, 0.15) is 17.3 Å².